The highest BCUT2D eigenvalue weighted by molar-refractivity contribution is 5.78. The van der Waals surface area contributed by atoms with Crippen molar-refractivity contribution in [1.82, 2.24) is 14.8 Å². The predicted octanol–water partition coefficient (Wildman–Crippen LogP) is 2.92. The van der Waals surface area contributed by atoms with Crippen LogP contribution in [0.15, 0.2) is 54.7 Å². The molecule has 1 aromatic carbocycles. The van der Waals surface area contributed by atoms with Crippen molar-refractivity contribution in [2.45, 2.75) is 25.3 Å². The van der Waals surface area contributed by atoms with Crippen molar-refractivity contribution < 1.29 is 4.79 Å². The van der Waals surface area contributed by atoms with Crippen molar-refractivity contribution in [3.63, 3.8) is 0 Å². The molecule has 0 N–H and O–H groups in total. The fourth-order valence-electron chi connectivity index (χ4n) is 3.29. The number of pyridine rings is 1. The second-order valence-electron chi connectivity index (χ2n) is 6.44. The Morgan fingerprint density at radius 2 is 1.83 bits per heavy atom. The number of benzene rings is 1. The number of aromatic nitrogens is 1. The van der Waals surface area contributed by atoms with Gasteiger partial charge in [0.05, 0.1) is 12.5 Å². The number of rotatable bonds is 6. The fourth-order valence-corrected chi connectivity index (χ4v) is 3.29. The summed E-state index contributed by atoms with van der Waals surface area (Å²) in [5, 5.41) is 0. The first-order chi connectivity index (χ1) is 11.7. The molecule has 1 saturated heterocycles. The second kappa shape index (κ2) is 8.06. The van der Waals surface area contributed by atoms with Gasteiger partial charge in [0.15, 0.2) is 0 Å². The smallest absolute Gasteiger partial charge is 0.228 e. The summed E-state index contributed by atoms with van der Waals surface area (Å²) in [5.74, 6) is 0.113. The first-order valence-corrected chi connectivity index (χ1v) is 8.67. The quantitative estimate of drug-likeness (QED) is 0.820. The topological polar surface area (TPSA) is 36.4 Å². The number of carbonyl (C=O) groups excluding carboxylic acids is 1. The molecule has 1 aliphatic heterocycles. The van der Waals surface area contributed by atoms with E-state index in [1.165, 1.54) is 18.4 Å². The van der Waals surface area contributed by atoms with Gasteiger partial charge in [-0.25, -0.2) is 0 Å². The molecule has 2 heterocycles. The van der Waals surface area contributed by atoms with E-state index in [4.69, 9.17) is 0 Å². The Balaban J connectivity index is 1.74. The molecule has 0 saturated carbocycles. The highest BCUT2D eigenvalue weighted by Gasteiger charge is 2.25. The van der Waals surface area contributed by atoms with Gasteiger partial charge >= 0.3 is 0 Å². The number of likely N-dealkylation sites (N-methyl/N-ethyl adjacent to an activating group) is 1. The molecule has 0 spiro atoms. The summed E-state index contributed by atoms with van der Waals surface area (Å²) in [6.07, 6.45) is 4.60. The Morgan fingerprint density at radius 1 is 1.12 bits per heavy atom. The first-order valence-electron chi connectivity index (χ1n) is 8.67. The van der Waals surface area contributed by atoms with Crippen LogP contribution in [-0.4, -0.2) is 47.4 Å². The standard InChI is InChI=1S/C20H25N3O/c1-22(20(24)15-18-11-5-6-12-21-18)19(16-23-13-7-8-14-23)17-9-3-2-4-10-17/h2-6,9-12,19H,7-8,13-16H2,1H3. The summed E-state index contributed by atoms with van der Waals surface area (Å²) in [7, 11) is 1.92. The number of nitrogens with zero attached hydrogens (tertiary/aromatic N) is 3. The van der Waals surface area contributed by atoms with E-state index in [0.29, 0.717) is 6.42 Å². The molecular formula is C20H25N3O. The number of likely N-dealkylation sites (tertiary alicyclic amines) is 1. The van der Waals surface area contributed by atoms with Crippen LogP contribution in [0.4, 0.5) is 0 Å². The lowest BCUT2D eigenvalue weighted by Gasteiger charge is -2.32. The summed E-state index contributed by atoms with van der Waals surface area (Å²) < 4.78 is 0. The van der Waals surface area contributed by atoms with Crippen LogP contribution < -0.4 is 0 Å². The molecule has 1 aromatic heterocycles. The predicted molar refractivity (Wildman–Crippen MR) is 95.6 cm³/mol. The summed E-state index contributed by atoms with van der Waals surface area (Å²) in [4.78, 5) is 21.4. The molecule has 4 heteroatoms. The van der Waals surface area contributed by atoms with Crippen molar-refractivity contribution in [1.29, 1.82) is 0 Å². The van der Waals surface area contributed by atoms with E-state index < -0.39 is 0 Å². The molecule has 0 aliphatic carbocycles. The fraction of sp³-hybridized carbons (Fsp3) is 0.400. The van der Waals surface area contributed by atoms with Gasteiger partial charge in [-0.2, -0.15) is 0 Å². The molecule has 1 fully saturated rings. The van der Waals surface area contributed by atoms with Gasteiger partial charge in [-0.15, -0.1) is 0 Å². The maximum atomic E-state index is 12.8. The third kappa shape index (κ3) is 4.20. The van der Waals surface area contributed by atoms with E-state index in [2.05, 4.69) is 22.0 Å². The van der Waals surface area contributed by atoms with Gasteiger partial charge < -0.3 is 9.80 Å². The van der Waals surface area contributed by atoms with Crippen molar-refractivity contribution in [2.75, 3.05) is 26.7 Å². The summed E-state index contributed by atoms with van der Waals surface area (Å²) in [6, 6.07) is 16.1. The monoisotopic (exact) mass is 323 g/mol. The largest absolute Gasteiger partial charge is 0.337 e. The molecule has 1 aliphatic rings. The zero-order valence-corrected chi connectivity index (χ0v) is 14.3. The SMILES string of the molecule is CN(C(=O)Cc1ccccn1)C(CN1CCCC1)c1ccccc1. The number of hydrogen-bond donors (Lipinski definition) is 0. The van der Waals surface area contributed by atoms with Crippen LogP contribution in [0.1, 0.15) is 30.1 Å². The van der Waals surface area contributed by atoms with Crippen LogP contribution in [0, 0.1) is 0 Å². The zero-order chi connectivity index (χ0) is 16.8. The molecule has 4 nitrogen and oxygen atoms in total. The lowest BCUT2D eigenvalue weighted by Crippen LogP contribution is -2.39. The summed E-state index contributed by atoms with van der Waals surface area (Å²) in [5.41, 5.74) is 2.02. The van der Waals surface area contributed by atoms with Crippen molar-refractivity contribution >= 4 is 5.91 Å². The Morgan fingerprint density at radius 3 is 2.50 bits per heavy atom. The Labute approximate surface area is 144 Å². The van der Waals surface area contributed by atoms with E-state index in [0.717, 1.165) is 25.3 Å². The third-order valence-electron chi connectivity index (χ3n) is 4.73. The van der Waals surface area contributed by atoms with Crippen LogP contribution in [0.3, 0.4) is 0 Å². The molecule has 1 atom stereocenters. The van der Waals surface area contributed by atoms with Gasteiger partial charge in [0, 0.05) is 25.5 Å². The normalized spacial score (nSPS) is 16.0. The van der Waals surface area contributed by atoms with Gasteiger partial charge in [-0.3, -0.25) is 9.78 Å². The third-order valence-corrected chi connectivity index (χ3v) is 4.73. The van der Waals surface area contributed by atoms with Gasteiger partial charge in [0.1, 0.15) is 0 Å². The number of hydrogen-bond acceptors (Lipinski definition) is 3. The van der Waals surface area contributed by atoms with Crippen LogP contribution >= 0.6 is 0 Å². The molecule has 0 bridgehead atoms. The molecule has 1 unspecified atom stereocenters. The van der Waals surface area contributed by atoms with Gasteiger partial charge in [-0.05, 0) is 43.6 Å². The molecule has 24 heavy (non-hydrogen) atoms. The maximum absolute atomic E-state index is 12.8. The lowest BCUT2D eigenvalue weighted by atomic mass is 10.0. The number of carbonyl (C=O) groups is 1. The minimum absolute atomic E-state index is 0.0838. The minimum Gasteiger partial charge on any atom is -0.337 e. The molecule has 0 radical (unpaired) electrons. The highest BCUT2D eigenvalue weighted by Crippen LogP contribution is 2.23. The Bertz CT molecular complexity index is 638. The van der Waals surface area contributed by atoms with Crippen LogP contribution in [-0.2, 0) is 11.2 Å². The van der Waals surface area contributed by atoms with E-state index in [9.17, 15) is 4.79 Å². The molecule has 1 amide bonds. The first kappa shape index (κ1) is 16.7. The second-order valence-corrected chi connectivity index (χ2v) is 6.44. The zero-order valence-electron chi connectivity index (χ0n) is 14.3. The molecule has 3 rings (SSSR count). The summed E-state index contributed by atoms with van der Waals surface area (Å²) in [6.45, 7) is 3.16. The lowest BCUT2D eigenvalue weighted by molar-refractivity contribution is -0.131. The van der Waals surface area contributed by atoms with Crippen molar-refractivity contribution in [3.05, 3.63) is 66.0 Å². The highest BCUT2D eigenvalue weighted by atomic mass is 16.2. The molecule has 126 valence electrons. The van der Waals surface area contributed by atoms with Gasteiger partial charge in [-0.1, -0.05) is 36.4 Å². The van der Waals surface area contributed by atoms with E-state index in [1.54, 1.807) is 6.20 Å². The molecule has 2 aromatic rings. The number of amides is 1. The van der Waals surface area contributed by atoms with Crippen molar-refractivity contribution in [3.8, 4) is 0 Å². The van der Waals surface area contributed by atoms with Gasteiger partial charge in [0.2, 0.25) is 5.91 Å². The average Bonchev–Trinajstić information content (AvgIpc) is 3.14. The van der Waals surface area contributed by atoms with Crippen LogP contribution in [0.2, 0.25) is 0 Å². The van der Waals surface area contributed by atoms with E-state index in [1.807, 2.05) is 48.3 Å². The van der Waals surface area contributed by atoms with Crippen LogP contribution in [0.5, 0.6) is 0 Å². The Kier molecular flexibility index (Phi) is 5.59. The maximum Gasteiger partial charge on any atom is 0.228 e. The van der Waals surface area contributed by atoms with Crippen LogP contribution in [0.25, 0.3) is 0 Å². The van der Waals surface area contributed by atoms with Gasteiger partial charge in [0.25, 0.3) is 0 Å². The van der Waals surface area contributed by atoms with Crippen molar-refractivity contribution in [2.24, 2.45) is 0 Å². The molecular weight excluding hydrogens is 298 g/mol. The summed E-state index contributed by atoms with van der Waals surface area (Å²) >= 11 is 0. The van der Waals surface area contributed by atoms with E-state index in [-0.39, 0.29) is 11.9 Å². The average molecular weight is 323 g/mol. The Hall–Kier alpha value is -2.20. The van der Waals surface area contributed by atoms with E-state index >= 15 is 0 Å². The minimum atomic E-state index is 0.0838.